The highest BCUT2D eigenvalue weighted by atomic mass is 32.2. The zero-order chi connectivity index (χ0) is 20.3. The number of aromatic nitrogens is 2. The van der Waals surface area contributed by atoms with Crippen molar-refractivity contribution in [3.05, 3.63) is 61.8 Å². The maximum atomic E-state index is 12.2. The van der Waals surface area contributed by atoms with Crippen LogP contribution in [0, 0.1) is 6.92 Å². The molecule has 0 aliphatic rings. The van der Waals surface area contributed by atoms with Gasteiger partial charge in [0.2, 0.25) is 10.0 Å². The summed E-state index contributed by atoms with van der Waals surface area (Å²) in [6, 6.07) is 8.72. The smallest absolute Gasteiger partial charge is 0.348 e. The monoisotopic (exact) mass is 421 g/mol. The molecule has 2 heterocycles. The Morgan fingerprint density at radius 1 is 1.29 bits per heavy atom. The molecule has 0 bridgehead atoms. The number of carbonyl (C=O) groups excluding carboxylic acids is 1. The largest absolute Gasteiger partial charge is 0.453 e. The SMILES string of the molecule is Cc1cccc2c(=O)[nH]c(COC(=O)c3ccc(CCNS(C)(=O)=O)s3)nc12. The van der Waals surface area contributed by atoms with E-state index in [-0.39, 0.29) is 24.5 Å². The summed E-state index contributed by atoms with van der Waals surface area (Å²) in [7, 11) is -3.24. The van der Waals surface area contributed by atoms with E-state index in [0.29, 0.717) is 22.2 Å². The fourth-order valence-electron chi connectivity index (χ4n) is 2.61. The van der Waals surface area contributed by atoms with Crippen LogP contribution in [-0.4, -0.2) is 37.2 Å². The number of nitrogens with zero attached hydrogens (tertiary/aromatic N) is 1. The molecule has 2 N–H and O–H groups in total. The van der Waals surface area contributed by atoms with Crippen molar-refractivity contribution in [3.8, 4) is 0 Å². The van der Waals surface area contributed by atoms with E-state index in [1.807, 2.05) is 13.0 Å². The van der Waals surface area contributed by atoms with E-state index in [1.54, 1.807) is 24.3 Å². The van der Waals surface area contributed by atoms with Gasteiger partial charge in [-0.1, -0.05) is 12.1 Å². The van der Waals surface area contributed by atoms with Crippen molar-refractivity contribution in [1.29, 1.82) is 0 Å². The van der Waals surface area contributed by atoms with Crippen molar-refractivity contribution in [2.24, 2.45) is 0 Å². The van der Waals surface area contributed by atoms with Gasteiger partial charge in [-0.05, 0) is 37.1 Å². The Balaban J connectivity index is 1.64. The number of hydrogen-bond donors (Lipinski definition) is 2. The lowest BCUT2D eigenvalue weighted by atomic mass is 10.1. The molecule has 0 aliphatic heterocycles. The van der Waals surface area contributed by atoms with Gasteiger partial charge in [0.25, 0.3) is 5.56 Å². The molecule has 0 saturated heterocycles. The third-order valence-electron chi connectivity index (χ3n) is 3.93. The molecule has 0 saturated carbocycles. The Bertz CT molecular complexity index is 1180. The molecular weight excluding hydrogens is 402 g/mol. The number of ether oxygens (including phenoxy) is 1. The first-order valence-corrected chi connectivity index (χ1v) is 11.1. The number of thiophene rings is 1. The number of H-pyrrole nitrogens is 1. The van der Waals surface area contributed by atoms with Crippen molar-refractivity contribution in [3.63, 3.8) is 0 Å². The molecule has 0 aliphatic carbocycles. The van der Waals surface area contributed by atoms with Gasteiger partial charge in [-0.2, -0.15) is 0 Å². The molecule has 0 fully saturated rings. The number of nitrogens with one attached hydrogen (secondary N) is 2. The first kappa shape index (κ1) is 20.2. The van der Waals surface area contributed by atoms with Crippen LogP contribution in [0.1, 0.15) is 25.9 Å². The number of benzene rings is 1. The highest BCUT2D eigenvalue weighted by molar-refractivity contribution is 7.88. The minimum Gasteiger partial charge on any atom is -0.453 e. The second-order valence-electron chi connectivity index (χ2n) is 6.24. The molecule has 2 aromatic heterocycles. The van der Waals surface area contributed by atoms with Gasteiger partial charge in [-0.3, -0.25) is 4.79 Å². The molecule has 1 aromatic carbocycles. The highest BCUT2D eigenvalue weighted by Gasteiger charge is 2.13. The summed E-state index contributed by atoms with van der Waals surface area (Å²) >= 11 is 1.23. The van der Waals surface area contributed by atoms with Crippen molar-refractivity contribution in [2.45, 2.75) is 20.0 Å². The maximum Gasteiger partial charge on any atom is 0.348 e. The summed E-state index contributed by atoms with van der Waals surface area (Å²) < 4.78 is 29.8. The summed E-state index contributed by atoms with van der Waals surface area (Å²) in [4.78, 5) is 32.7. The molecule has 0 spiro atoms. The van der Waals surface area contributed by atoms with E-state index in [1.165, 1.54) is 11.3 Å². The van der Waals surface area contributed by atoms with E-state index in [0.717, 1.165) is 16.7 Å². The van der Waals surface area contributed by atoms with Crippen molar-refractivity contribution in [1.82, 2.24) is 14.7 Å². The van der Waals surface area contributed by atoms with Gasteiger partial charge in [0.1, 0.15) is 17.3 Å². The number of para-hydroxylation sites is 1. The van der Waals surface area contributed by atoms with Gasteiger partial charge in [0.05, 0.1) is 17.2 Å². The highest BCUT2D eigenvalue weighted by Crippen LogP contribution is 2.18. The minimum atomic E-state index is -3.24. The average molecular weight is 422 g/mol. The Kier molecular flexibility index (Phi) is 5.92. The van der Waals surface area contributed by atoms with Crippen LogP contribution < -0.4 is 10.3 Å². The summed E-state index contributed by atoms with van der Waals surface area (Å²) in [5.41, 5.74) is 1.16. The number of carbonyl (C=O) groups is 1. The topological polar surface area (TPSA) is 118 Å². The predicted molar refractivity (Wildman–Crippen MR) is 107 cm³/mol. The summed E-state index contributed by atoms with van der Waals surface area (Å²) in [6.07, 6.45) is 1.57. The van der Waals surface area contributed by atoms with Gasteiger partial charge in [0.15, 0.2) is 0 Å². The van der Waals surface area contributed by atoms with E-state index in [9.17, 15) is 18.0 Å². The van der Waals surface area contributed by atoms with Gasteiger partial charge in [0, 0.05) is 11.4 Å². The molecule has 3 aromatic rings. The van der Waals surface area contributed by atoms with Crippen molar-refractivity contribution >= 4 is 38.2 Å². The summed E-state index contributed by atoms with van der Waals surface area (Å²) in [6.45, 7) is 1.97. The number of hydrogen-bond acceptors (Lipinski definition) is 7. The first-order valence-electron chi connectivity index (χ1n) is 8.42. The van der Waals surface area contributed by atoms with Gasteiger partial charge < -0.3 is 9.72 Å². The molecule has 0 amide bonds. The van der Waals surface area contributed by atoms with E-state index in [2.05, 4.69) is 14.7 Å². The lowest BCUT2D eigenvalue weighted by molar-refractivity contribution is 0.0468. The van der Waals surface area contributed by atoms with E-state index >= 15 is 0 Å². The number of aryl methyl sites for hydroxylation is 1. The van der Waals surface area contributed by atoms with Crippen LogP contribution in [0.15, 0.2) is 35.1 Å². The van der Waals surface area contributed by atoms with Crippen LogP contribution >= 0.6 is 11.3 Å². The quantitative estimate of drug-likeness (QED) is 0.561. The number of esters is 1. The Morgan fingerprint density at radius 3 is 2.82 bits per heavy atom. The van der Waals surface area contributed by atoms with Gasteiger partial charge >= 0.3 is 5.97 Å². The third kappa shape index (κ3) is 5.03. The Labute approximate surface area is 165 Å². The normalized spacial score (nSPS) is 11.6. The predicted octanol–water partition coefficient (Wildman–Crippen LogP) is 1.74. The molecule has 0 atom stereocenters. The molecule has 148 valence electrons. The maximum absolute atomic E-state index is 12.2. The van der Waals surface area contributed by atoms with Gasteiger partial charge in [-0.25, -0.2) is 22.9 Å². The van der Waals surface area contributed by atoms with Crippen LogP contribution in [-0.2, 0) is 27.8 Å². The fraction of sp³-hybridized carbons (Fsp3) is 0.278. The Morgan fingerprint density at radius 2 is 2.07 bits per heavy atom. The molecule has 0 radical (unpaired) electrons. The van der Waals surface area contributed by atoms with Gasteiger partial charge in [-0.15, -0.1) is 11.3 Å². The zero-order valence-corrected chi connectivity index (χ0v) is 16.9. The first-order chi connectivity index (χ1) is 13.2. The second-order valence-corrected chi connectivity index (χ2v) is 9.24. The number of aromatic amines is 1. The number of rotatable bonds is 7. The summed E-state index contributed by atoms with van der Waals surface area (Å²) in [5, 5.41) is 0.487. The average Bonchev–Trinajstić information content (AvgIpc) is 3.08. The van der Waals surface area contributed by atoms with Crippen LogP contribution in [0.2, 0.25) is 0 Å². The van der Waals surface area contributed by atoms with Crippen molar-refractivity contribution < 1.29 is 17.9 Å². The van der Waals surface area contributed by atoms with Crippen LogP contribution in [0.5, 0.6) is 0 Å². The third-order valence-corrected chi connectivity index (χ3v) is 5.78. The van der Waals surface area contributed by atoms with Crippen LogP contribution in [0.3, 0.4) is 0 Å². The Hall–Kier alpha value is -2.56. The van der Waals surface area contributed by atoms with Crippen LogP contribution in [0.4, 0.5) is 0 Å². The molecule has 0 unspecified atom stereocenters. The molecule has 28 heavy (non-hydrogen) atoms. The second kappa shape index (κ2) is 8.21. The zero-order valence-electron chi connectivity index (χ0n) is 15.3. The molecule has 8 nitrogen and oxygen atoms in total. The van der Waals surface area contributed by atoms with Crippen molar-refractivity contribution in [2.75, 3.05) is 12.8 Å². The number of fused-ring (bicyclic) bond motifs is 1. The van der Waals surface area contributed by atoms with E-state index < -0.39 is 16.0 Å². The van der Waals surface area contributed by atoms with Crippen LogP contribution in [0.25, 0.3) is 10.9 Å². The van der Waals surface area contributed by atoms with E-state index in [4.69, 9.17) is 4.74 Å². The fourth-order valence-corrected chi connectivity index (χ4v) is 3.98. The lowest BCUT2D eigenvalue weighted by Crippen LogP contribution is -2.23. The summed E-state index contributed by atoms with van der Waals surface area (Å²) in [5.74, 6) is -0.255. The minimum absolute atomic E-state index is 0.152. The molecule has 10 heteroatoms. The molecular formula is C18H19N3O5S2. The standard InChI is InChI=1S/C18H19N3O5S2/c1-11-4-3-5-13-16(11)20-15(21-17(13)22)10-26-18(23)14-7-6-12(27-14)8-9-19-28(2,24)25/h3-7,19H,8-10H2,1-2H3,(H,20,21,22). The lowest BCUT2D eigenvalue weighted by Gasteiger charge is -2.06. The molecule has 3 rings (SSSR count). The number of sulfonamides is 1.